The number of aromatic nitrogens is 1. The summed E-state index contributed by atoms with van der Waals surface area (Å²) in [4.78, 5) is 26.1. The smallest absolute Gasteiger partial charge is 0.478 e. The van der Waals surface area contributed by atoms with Crippen LogP contribution in [0.1, 0.15) is 20.8 Å². The molecule has 2 aromatic carbocycles. The summed E-state index contributed by atoms with van der Waals surface area (Å²) in [6.07, 6.45) is 0. The van der Waals surface area contributed by atoms with E-state index in [1.54, 1.807) is 0 Å². The van der Waals surface area contributed by atoms with Gasteiger partial charge in [0.1, 0.15) is 5.69 Å². The standard InChI is InChI=1S/C17H12F3N3O5S/c18-17(19,20)29(27,28)23-12-4-5-13-10(7-12)8-14(22-13)15(24)21-11-3-1-2-9(6-11)16(25)26/h1-8,22-23H,(H,21,24)(H,25,26). The predicted octanol–water partition coefficient (Wildman–Crippen LogP) is 3.38. The molecule has 152 valence electrons. The molecule has 0 fully saturated rings. The lowest BCUT2D eigenvalue weighted by Gasteiger charge is -2.10. The third kappa shape index (κ3) is 4.32. The average molecular weight is 427 g/mol. The van der Waals surface area contributed by atoms with Crippen molar-refractivity contribution in [3.05, 3.63) is 59.8 Å². The highest BCUT2D eigenvalue weighted by Crippen LogP contribution is 2.27. The molecule has 0 aliphatic heterocycles. The van der Waals surface area contributed by atoms with E-state index in [1.165, 1.54) is 41.1 Å². The maximum absolute atomic E-state index is 12.5. The van der Waals surface area contributed by atoms with Crippen molar-refractivity contribution in [3.8, 4) is 0 Å². The molecule has 0 bridgehead atoms. The van der Waals surface area contributed by atoms with Crippen molar-refractivity contribution in [1.82, 2.24) is 4.98 Å². The number of anilines is 2. The van der Waals surface area contributed by atoms with Crippen LogP contribution in [-0.2, 0) is 10.0 Å². The van der Waals surface area contributed by atoms with E-state index in [0.29, 0.717) is 5.52 Å². The quantitative estimate of drug-likeness (QED) is 0.496. The third-order valence-electron chi connectivity index (χ3n) is 3.79. The largest absolute Gasteiger partial charge is 0.516 e. The number of aromatic amines is 1. The van der Waals surface area contributed by atoms with Crippen LogP contribution in [0.5, 0.6) is 0 Å². The van der Waals surface area contributed by atoms with Gasteiger partial charge in [-0.3, -0.25) is 9.52 Å². The number of hydrogen-bond acceptors (Lipinski definition) is 4. The first kappa shape index (κ1) is 20.2. The van der Waals surface area contributed by atoms with E-state index in [4.69, 9.17) is 5.11 Å². The summed E-state index contributed by atoms with van der Waals surface area (Å²) in [6.45, 7) is 0. The van der Waals surface area contributed by atoms with Gasteiger partial charge in [0.2, 0.25) is 0 Å². The molecule has 0 atom stereocenters. The molecule has 3 rings (SSSR count). The number of benzene rings is 2. The van der Waals surface area contributed by atoms with Gasteiger partial charge in [-0.1, -0.05) is 6.07 Å². The van der Waals surface area contributed by atoms with Gasteiger partial charge in [0.15, 0.2) is 0 Å². The lowest BCUT2D eigenvalue weighted by molar-refractivity contribution is -0.0429. The monoisotopic (exact) mass is 427 g/mol. The van der Waals surface area contributed by atoms with Crippen molar-refractivity contribution in [2.24, 2.45) is 0 Å². The SMILES string of the molecule is O=C(O)c1cccc(NC(=O)c2cc3cc(NS(=O)(=O)C(F)(F)F)ccc3[nH]2)c1. The lowest BCUT2D eigenvalue weighted by Crippen LogP contribution is -2.29. The molecule has 0 saturated carbocycles. The summed E-state index contributed by atoms with van der Waals surface area (Å²) in [5, 5.41) is 11.8. The summed E-state index contributed by atoms with van der Waals surface area (Å²) in [6, 6.07) is 10.4. The Morgan fingerprint density at radius 3 is 2.38 bits per heavy atom. The first-order valence-electron chi connectivity index (χ1n) is 7.83. The number of halogens is 3. The van der Waals surface area contributed by atoms with Crippen molar-refractivity contribution in [2.45, 2.75) is 5.51 Å². The first-order valence-corrected chi connectivity index (χ1v) is 9.31. The molecule has 29 heavy (non-hydrogen) atoms. The summed E-state index contributed by atoms with van der Waals surface area (Å²) >= 11 is 0. The van der Waals surface area contributed by atoms with Crippen molar-refractivity contribution < 1.29 is 36.3 Å². The summed E-state index contributed by atoms with van der Waals surface area (Å²) < 4.78 is 61.3. The molecular weight excluding hydrogens is 415 g/mol. The number of H-pyrrole nitrogens is 1. The van der Waals surface area contributed by atoms with Crippen LogP contribution in [0, 0.1) is 0 Å². The fraction of sp³-hybridized carbons (Fsp3) is 0.0588. The van der Waals surface area contributed by atoms with Crippen LogP contribution in [0.4, 0.5) is 24.5 Å². The fourth-order valence-corrected chi connectivity index (χ4v) is 3.01. The van der Waals surface area contributed by atoms with Gasteiger partial charge in [-0.2, -0.15) is 21.6 Å². The number of nitrogens with one attached hydrogen (secondary N) is 3. The molecule has 4 N–H and O–H groups in total. The molecule has 8 nitrogen and oxygen atoms in total. The van der Waals surface area contributed by atoms with Crippen molar-refractivity contribution in [3.63, 3.8) is 0 Å². The van der Waals surface area contributed by atoms with E-state index in [0.717, 1.165) is 12.1 Å². The van der Waals surface area contributed by atoms with Crippen LogP contribution in [0.2, 0.25) is 0 Å². The molecule has 0 unspecified atom stereocenters. The summed E-state index contributed by atoms with van der Waals surface area (Å²) in [5.74, 6) is -1.79. The molecule has 0 radical (unpaired) electrons. The van der Waals surface area contributed by atoms with Gasteiger partial charge >= 0.3 is 21.5 Å². The van der Waals surface area contributed by atoms with Crippen LogP contribution in [0.25, 0.3) is 10.9 Å². The molecule has 0 aliphatic rings. The second-order valence-electron chi connectivity index (χ2n) is 5.88. The van der Waals surface area contributed by atoms with Gasteiger partial charge < -0.3 is 15.4 Å². The number of aromatic carboxylic acids is 1. The zero-order valence-corrected chi connectivity index (χ0v) is 15.1. The third-order valence-corrected chi connectivity index (χ3v) is 4.90. The van der Waals surface area contributed by atoms with Crippen LogP contribution in [0.3, 0.4) is 0 Å². The average Bonchev–Trinajstić information content (AvgIpc) is 3.04. The molecule has 1 amide bonds. The number of carboxylic acid groups (broad SMARTS) is 1. The Hall–Kier alpha value is -3.54. The minimum absolute atomic E-state index is 0.0268. The number of alkyl halides is 3. The van der Waals surface area contributed by atoms with Crippen LogP contribution >= 0.6 is 0 Å². The number of hydrogen-bond donors (Lipinski definition) is 4. The minimum atomic E-state index is -5.57. The Balaban J connectivity index is 1.83. The van der Waals surface area contributed by atoms with Crippen LogP contribution in [-0.4, -0.2) is 35.9 Å². The van der Waals surface area contributed by atoms with E-state index < -0.39 is 27.4 Å². The maximum Gasteiger partial charge on any atom is 0.516 e. The van der Waals surface area contributed by atoms with E-state index in [2.05, 4.69) is 10.3 Å². The number of carbonyl (C=O) groups is 2. The number of fused-ring (bicyclic) bond motifs is 1. The lowest BCUT2D eigenvalue weighted by atomic mass is 10.2. The topological polar surface area (TPSA) is 128 Å². The zero-order chi connectivity index (χ0) is 21.4. The molecule has 0 aliphatic carbocycles. The van der Waals surface area contributed by atoms with E-state index in [9.17, 15) is 31.2 Å². The normalized spacial score (nSPS) is 12.0. The van der Waals surface area contributed by atoms with Gasteiger partial charge in [0.25, 0.3) is 5.91 Å². The van der Waals surface area contributed by atoms with Gasteiger partial charge in [-0.15, -0.1) is 0 Å². The van der Waals surface area contributed by atoms with Gasteiger partial charge in [-0.25, -0.2) is 4.79 Å². The van der Waals surface area contributed by atoms with Gasteiger partial charge in [0, 0.05) is 22.3 Å². The van der Waals surface area contributed by atoms with Crippen molar-refractivity contribution in [1.29, 1.82) is 0 Å². The number of sulfonamides is 1. The highest BCUT2D eigenvalue weighted by molar-refractivity contribution is 7.93. The second kappa shape index (κ2) is 7.13. The fourth-order valence-electron chi connectivity index (χ4n) is 2.46. The molecular formula is C17H12F3N3O5S. The maximum atomic E-state index is 12.5. The van der Waals surface area contributed by atoms with E-state index in [-0.39, 0.29) is 28.0 Å². The van der Waals surface area contributed by atoms with Crippen LogP contribution in [0.15, 0.2) is 48.5 Å². The van der Waals surface area contributed by atoms with Crippen LogP contribution < -0.4 is 10.0 Å². The summed E-state index contributed by atoms with van der Waals surface area (Å²) in [7, 11) is -5.57. The number of rotatable bonds is 5. The van der Waals surface area contributed by atoms with Gasteiger partial charge in [-0.05, 0) is 42.5 Å². The first-order chi connectivity index (χ1) is 13.5. The summed E-state index contributed by atoms with van der Waals surface area (Å²) in [5.41, 5.74) is -5.17. The Kier molecular flexibility index (Phi) is 4.96. The van der Waals surface area contributed by atoms with Crippen molar-refractivity contribution >= 4 is 44.2 Å². The van der Waals surface area contributed by atoms with E-state index in [1.807, 2.05) is 0 Å². The van der Waals surface area contributed by atoms with E-state index >= 15 is 0 Å². The number of carbonyl (C=O) groups excluding carboxylic acids is 1. The Bertz CT molecular complexity index is 1220. The number of carboxylic acids is 1. The second-order valence-corrected chi connectivity index (χ2v) is 7.55. The predicted molar refractivity (Wildman–Crippen MR) is 98.3 cm³/mol. The molecule has 1 heterocycles. The Morgan fingerprint density at radius 1 is 1.00 bits per heavy atom. The molecule has 3 aromatic rings. The highest BCUT2D eigenvalue weighted by Gasteiger charge is 2.46. The zero-order valence-electron chi connectivity index (χ0n) is 14.2. The highest BCUT2D eigenvalue weighted by atomic mass is 32.2. The molecule has 0 spiro atoms. The number of amides is 1. The minimum Gasteiger partial charge on any atom is -0.478 e. The Morgan fingerprint density at radius 2 is 1.72 bits per heavy atom. The molecule has 1 aromatic heterocycles. The van der Waals surface area contributed by atoms with Gasteiger partial charge in [0.05, 0.1) is 5.56 Å². The molecule has 0 saturated heterocycles. The van der Waals surface area contributed by atoms with Crippen molar-refractivity contribution in [2.75, 3.05) is 10.0 Å². The Labute approximate surface area is 161 Å². The molecule has 12 heteroatoms.